The van der Waals surface area contributed by atoms with E-state index in [-0.39, 0.29) is 21.9 Å². The Bertz CT molecular complexity index is 611. The van der Waals surface area contributed by atoms with Crippen LogP contribution >= 0.6 is 0 Å². The van der Waals surface area contributed by atoms with E-state index < -0.39 is 14.2 Å². The summed E-state index contributed by atoms with van der Waals surface area (Å²) < 4.78 is 24.1. The van der Waals surface area contributed by atoms with Crippen molar-refractivity contribution >= 4 is 36.0 Å². The van der Waals surface area contributed by atoms with E-state index in [0.29, 0.717) is 6.54 Å². The van der Waals surface area contributed by atoms with Gasteiger partial charge in [-0.05, 0) is 0 Å². The molecule has 1 aromatic carbocycles. The van der Waals surface area contributed by atoms with E-state index in [1.807, 2.05) is 0 Å². The summed E-state index contributed by atoms with van der Waals surface area (Å²) in [5, 5.41) is 13.1. The van der Waals surface area contributed by atoms with Crippen molar-refractivity contribution in [2.75, 3.05) is 11.9 Å². The molecule has 0 aliphatic heterocycles. The fourth-order valence-electron chi connectivity index (χ4n) is 1.23. The monoisotopic (exact) mass is 372 g/mol. The second kappa shape index (κ2) is 9.82. The molecular formula is C13H17AsN2O6. The summed E-state index contributed by atoms with van der Waals surface area (Å²) in [7, 11) is 0. The maximum absolute atomic E-state index is 11.4. The molecule has 0 aliphatic rings. The van der Waals surface area contributed by atoms with Gasteiger partial charge in [-0.15, -0.1) is 6.42 Å². The second-order valence-electron chi connectivity index (χ2n) is 3.91. The van der Waals surface area contributed by atoms with Crippen molar-refractivity contribution in [2.45, 2.75) is 13.8 Å². The predicted molar refractivity (Wildman–Crippen MR) is 80.3 cm³/mol. The summed E-state index contributed by atoms with van der Waals surface area (Å²) in [6.07, 6.45) is 4.81. The summed E-state index contributed by atoms with van der Waals surface area (Å²) in [5.74, 6) is 1.80. The number of terminal acetylenes is 1. The first kappa shape index (κ1) is 20.0. The summed E-state index contributed by atoms with van der Waals surface area (Å²) in [4.78, 5) is 20.8. The number of rotatable bonds is 4. The van der Waals surface area contributed by atoms with Gasteiger partial charge in [0, 0.05) is 6.92 Å². The van der Waals surface area contributed by atoms with Gasteiger partial charge in [0.2, 0.25) is 5.91 Å². The van der Waals surface area contributed by atoms with Crippen molar-refractivity contribution in [3.63, 3.8) is 0 Å². The number of para-hydroxylation sites is 1. The molecule has 0 aliphatic carbocycles. The first-order chi connectivity index (χ1) is 10.2. The molecule has 0 saturated carbocycles. The molecule has 1 unspecified atom stereocenters. The van der Waals surface area contributed by atoms with Crippen LogP contribution in [0.1, 0.15) is 13.8 Å². The van der Waals surface area contributed by atoms with Crippen LogP contribution in [0, 0.1) is 12.3 Å². The molecule has 0 radical (unpaired) electrons. The number of carbonyl (C=O) groups is 2. The van der Waals surface area contributed by atoms with E-state index in [4.69, 9.17) is 11.7 Å². The molecule has 1 aromatic rings. The van der Waals surface area contributed by atoms with Crippen LogP contribution in [0.5, 0.6) is 0 Å². The molecule has 0 saturated heterocycles. The number of anilines is 1. The minimum atomic E-state index is -4.92. The molecule has 120 valence electrons. The average Bonchev–Trinajstić information content (AvgIpc) is 2.45. The molecule has 2 amide bonds. The van der Waals surface area contributed by atoms with E-state index >= 15 is 0 Å². The fraction of sp³-hybridized carbons (Fsp3) is 0.231. The van der Waals surface area contributed by atoms with E-state index in [2.05, 4.69) is 20.4 Å². The maximum atomic E-state index is 11.4. The van der Waals surface area contributed by atoms with Crippen molar-refractivity contribution in [1.82, 2.24) is 5.32 Å². The average molecular weight is 372 g/mol. The first-order valence-corrected chi connectivity index (χ1v) is 9.26. The van der Waals surface area contributed by atoms with Gasteiger partial charge in [0.1, 0.15) is 0 Å². The van der Waals surface area contributed by atoms with Gasteiger partial charge in [-0.3, -0.25) is 4.79 Å². The van der Waals surface area contributed by atoms with E-state index in [0.717, 1.165) is 0 Å². The Kier molecular flexibility index (Phi) is 8.90. The van der Waals surface area contributed by atoms with E-state index in [9.17, 15) is 17.4 Å². The van der Waals surface area contributed by atoms with Crippen LogP contribution in [0.3, 0.4) is 0 Å². The first-order valence-electron chi connectivity index (χ1n) is 5.95. The molecule has 22 heavy (non-hydrogen) atoms. The van der Waals surface area contributed by atoms with Crippen molar-refractivity contribution in [3.8, 4) is 12.3 Å². The third-order valence-corrected chi connectivity index (χ3v) is 4.63. The van der Waals surface area contributed by atoms with Crippen molar-refractivity contribution in [3.05, 3.63) is 24.3 Å². The van der Waals surface area contributed by atoms with Crippen LogP contribution in [0.4, 0.5) is 5.69 Å². The Morgan fingerprint density at radius 3 is 2.32 bits per heavy atom. The Morgan fingerprint density at radius 2 is 1.91 bits per heavy atom. The minimum absolute atomic E-state index is 0.0852. The molecule has 0 spiro atoms. The van der Waals surface area contributed by atoms with Crippen LogP contribution in [0.25, 0.3) is 0 Å². The summed E-state index contributed by atoms with van der Waals surface area (Å²) in [5.41, 5.74) is 0.157. The van der Waals surface area contributed by atoms with Gasteiger partial charge in [-0.25, -0.2) is 0 Å². The van der Waals surface area contributed by atoms with Gasteiger partial charge < -0.3 is 5.32 Å². The number of hydrogen-bond donors (Lipinski definition) is 4. The predicted octanol–water partition coefficient (Wildman–Crippen LogP) is -0.541. The molecule has 0 heterocycles. The van der Waals surface area contributed by atoms with Crippen molar-refractivity contribution in [1.29, 1.82) is 0 Å². The van der Waals surface area contributed by atoms with Crippen LogP contribution in [0.15, 0.2) is 24.3 Å². The van der Waals surface area contributed by atoms with Gasteiger partial charge in [0.15, 0.2) is 0 Å². The SMILES string of the molecule is C#CCNC(C)=O.CC(=O)Nc1ccccc1[As](=O)(O)OO. The molecule has 9 heteroatoms. The van der Waals surface area contributed by atoms with Crippen LogP contribution in [-0.2, 0) is 17.2 Å². The van der Waals surface area contributed by atoms with Gasteiger partial charge >= 0.3 is 88.4 Å². The number of benzene rings is 1. The van der Waals surface area contributed by atoms with E-state index in [1.54, 1.807) is 6.07 Å². The topological polar surface area (TPSA) is 125 Å². The Labute approximate surface area is 130 Å². The molecule has 0 aromatic heterocycles. The Hall–Kier alpha value is -2.04. The normalized spacial score (nSPS) is 12.0. The van der Waals surface area contributed by atoms with Crippen LogP contribution < -0.4 is 15.0 Å². The molecule has 1 rings (SSSR count). The molecular weight excluding hydrogens is 355 g/mol. The zero-order valence-corrected chi connectivity index (χ0v) is 13.9. The molecule has 8 nitrogen and oxygen atoms in total. The Morgan fingerprint density at radius 1 is 1.32 bits per heavy atom. The van der Waals surface area contributed by atoms with Crippen molar-refractivity contribution < 1.29 is 26.6 Å². The quantitative estimate of drug-likeness (QED) is 0.244. The number of carbonyl (C=O) groups excluding carboxylic acids is 2. The summed E-state index contributed by atoms with van der Waals surface area (Å²) >= 11 is -4.92. The van der Waals surface area contributed by atoms with Crippen LogP contribution in [0.2, 0.25) is 0 Å². The van der Waals surface area contributed by atoms with Gasteiger partial charge in [0.25, 0.3) is 0 Å². The standard InChI is InChI=1S/C8H10AsNO5.C5H7NO/c1-6(11)10-8-5-3-2-4-7(8)9(12,13)15-14;1-3-4-6-5(2)7/h2-5,14H,1H3,(H,10,11)(H,12,13);1H,4H2,2H3,(H,6,7). The van der Waals surface area contributed by atoms with Gasteiger partial charge in [-0.2, -0.15) is 0 Å². The zero-order valence-electron chi connectivity index (χ0n) is 12.1. The second-order valence-corrected chi connectivity index (χ2v) is 7.45. The fourth-order valence-corrected chi connectivity index (χ4v) is 2.91. The van der Waals surface area contributed by atoms with Crippen LogP contribution in [-0.4, -0.2) is 41.9 Å². The third-order valence-electron chi connectivity index (χ3n) is 2.07. The molecule has 4 N–H and O–H groups in total. The van der Waals surface area contributed by atoms with Gasteiger partial charge in [0.05, 0.1) is 6.54 Å². The molecule has 0 fully saturated rings. The molecule has 0 bridgehead atoms. The Balaban J connectivity index is 0.000000534. The number of nitrogens with one attached hydrogen (secondary N) is 2. The molecule has 1 atom stereocenters. The number of hydrogen-bond acceptors (Lipinski definition) is 5. The third kappa shape index (κ3) is 7.66. The van der Waals surface area contributed by atoms with E-state index in [1.165, 1.54) is 32.0 Å². The summed E-state index contributed by atoms with van der Waals surface area (Å²) in [6, 6.07) is 5.84. The number of amides is 2. The summed E-state index contributed by atoms with van der Waals surface area (Å²) in [6.45, 7) is 3.03. The van der Waals surface area contributed by atoms with Gasteiger partial charge in [-0.1, -0.05) is 5.92 Å². The zero-order chi connectivity index (χ0) is 17.2. The van der Waals surface area contributed by atoms with Crippen molar-refractivity contribution in [2.24, 2.45) is 0 Å².